The van der Waals surface area contributed by atoms with Gasteiger partial charge in [-0.1, -0.05) is 17.7 Å². The number of halogens is 1. The van der Waals surface area contributed by atoms with E-state index in [9.17, 15) is 18.0 Å². The summed E-state index contributed by atoms with van der Waals surface area (Å²) in [5, 5.41) is 9.58. The third-order valence-corrected chi connectivity index (χ3v) is 10.5. The molecule has 1 aromatic carbocycles. The Morgan fingerprint density at radius 1 is 1.22 bits per heavy atom. The fourth-order valence-electron chi connectivity index (χ4n) is 4.71. The van der Waals surface area contributed by atoms with Gasteiger partial charge in [0, 0.05) is 42.9 Å². The number of benzene rings is 1. The van der Waals surface area contributed by atoms with Crippen molar-refractivity contribution in [1.82, 2.24) is 24.4 Å². The van der Waals surface area contributed by atoms with Gasteiger partial charge in [0.05, 0.1) is 6.04 Å². The van der Waals surface area contributed by atoms with E-state index >= 15 is 0 Å². The molecule has 0 spiro atoms. The van der Waals surface area contributed by atoms with Crippen LogP contribution in [0.1, 0.15) is 13.3 Å². The molecule has 0 bridgehead atoms. The molecule has 0 radical (unpaired) electrons. The second kappa shape index (κ2) is 9.45. The Labute approximate surface area is 218 Å². The van der Waals surface area contributed by atoms with Gasteiger partial charge in [-0.3, -0.25) is 9.69 Å². The van der Waals surface area contributed by atoms with E-state index in [0.717, 1.165) is 21.4 Å². The smallest absolute Gasteiger partial charge is 0.341 e. The number of likely N-dealkylation sites (N-methyl/N-ethyl adjacent to an activating group) is 2. The van der Waals surface area contributed by atoms with Crippen molar-refractivity contribution in [3.05, 3.63) is 29.3 Å². The van der Waals surface area contributed by atoms with E-state index < -0.39 is 28.0 Å². The molecule has 36 heavy (non-hydrogen) atoms. The zero-order valence-corrected chi connectivity index (χ0v) is 22.4. The second-order valence-electron chi connectivity index (χ2n) is 8.97. The summed E-state index contributed by atoms with van der Waals surface area (Å²) in [7, 11) is -0.477. The molecular weight excluding hydrogens is 528 g/mol. The third-order valence-electron chi connectivity index (χ3n) is 6.89. The molecule has 0 aliphatic carbocycles. The number of hydrogen-bond acceptors (Lipinski definition) is 8. The third kappa shape index (κ3) is 4.32. The molecule has 2 fully saturated rings. The van der Waals surface area contributed by atoms with Crippen LogP contribution in [0.15, 0.2) is 33.6 Å². The van der Waals surface area contributed by atoms with Crippen molar-refractivity contribution in [1.29, 1.82) is 0 Å². The van der Waals surface area contributed by atoms with E-state index in [-0.39, 0.29) is 36.1 Å². The van der Waals surface area contributed by atoms with Crippen LogP contribution in [-0.4, -0.2) is 104 Å². The molecule has 3 unspecified atom stereocenters. The fourth-order valence-corrected chi connectivity index (χ4v) is 7.98. The van der Waals surface area contributed by atoms with Crippen molar-refractivity contribution in [2.24, 2.45) is 5.10 Å². The first-order chi connectivity index (χ1) is 17.1. The summed E-state index contributed by atoms with van der Waals surface area (Å²) in [5.74, 6) is 0.0338. The van der Waals surface area contributed by atoms with E-state index in [1.165, 1.54) is 21.3 Å². The van der Waals surface area contributed by atoms with Gasteiger partial charge in [0.25, 0.3) is 10.0 Å². The molecule has 2 aromatic rings. The Balaban J connectivity index is 1.37. The quantitative estimate of drug-likeness (QED) is 0.618. The molecule has 0 saturated carbocycles. The lowest BCUT2D eigenvalue weighted by Crippen LogP contribution is -2.63. The van der Waals surface area contributed by atoms with Gasteiger partial charge >= 0.3 is 6.03 Å². The van der Waals surface area contributed by atoms with Gasteiger partial charge in [0.15, 0.2) is 6.23 Å². The highest BCUT2D eigenvalue weighted by molar-refractivity contribution is 7.91. The van der Waals surface area contributed by atoms with Crippen molar-refractivity contribution in [3.63, 3.8) is 0 Å². The lowest BCUT2D eigenvalue weighted by atomic mass is 10.1. The van der Waals surface area contributed by atoms with Crippen LogP contribution in [0.5, 0.6) is 0 Å². The Bertz CT molecular complexity index is 1350. The Hall–Kier alpha value is -2.45. The second-order valence-corrected chi connectivity index (χ2v) is 12.7. The topological polar surface area (TPSA) is 115 Å². The molecule has 1 N–H and O–H groups in total. The molecule has 2 saturated heterocycles. The Kier molecular flexibility index (Phi) is 6.62. The van der Waals surface area contributed by atoms with E-state index in [2.05, 4.69) is 15.3 Å². The molecule has 3 amide bonds. The van der Waals surface area contributed by atoms with Crippen LogP contribution < -0.4 is 5.32 Å². The maximum Gasteiger partial charge on any atom is 0.341 e. The number of hydrogen-bond donors (Lipinski definition) is 1. The summed E-state index contributed by atoms with van der Waals surface area (Å²) in [6.07, 6.45) is 0.515. The lowest BCUT2D eigenvalue weighted by Gasteiger charge is -2.41. The van der Waals surface area contributed by atoms with Crippen molar-refractivity contribution in [2.75, 3.05) is 40.3 Å². The number of rotatable bonds is 3. The minimum absolute atomic E-state index is 0.0111. The number of urea groups is 1. The summed E-state index contributed by atoms with van der Waals surface area (Å²) < 4.78 is 34.9. The van der Waals surface area contributed by atoms with Gasteiger partial charge in [-0.15, -0.1) is 16.4 Å². The van der Waals surface area contributed by atoms with Crippen LogP contribution in [-0.2, 0) is 19.6 Å². The molecule has 3 aliphatic heterocycles. The highest BCUT2D eigenvalue weighted by Gasteiger charge is 2.44. The Morgan fingerprint density at radius 3 is 2.75 bits per heavy atom. The zero-order chi connectivity index (χ0) is 25.8. The molecule has 4 heterocycles. The number of carbonyl (C=O) groups excluding carboxylic acids is 2. The van der Waals surface area contributed by atoms with Crippen LogP contribution >= 0.6 is 22.9 Å². The average molecular weight is 555 g/mol. The number of fused-ring (bicyclic) bond motifs is 2. The Morgan fingerprint density at radius 2 is 2.00 bits per heavy atom. The first-order valence-electron chi connectivity index (χ1n) is 11.6. The van der Waals surface area contributed by atoms with Crippen molar-refractivity contribution in [2.45, 2.75) is 35.9 Å². The van der Waals surface area contributed by atoms with Crippen molar-refractivity contribution >= 4 is 60.9 Å². The fraction of sp³-hybridized carbons (Fsp3) is 0.500. The monoisotopic (exact) mass is 554 g/mol. The number of carbonyl (C=O) groups is 2. The minimum Gasteiger partial charge on any atom is -0.460 e. The molecule has 3 aliphatic rings. The number of nitrogens with zero attached hydrogens (tertiary/aromatic N) is 5. The van der Waals surface area contributed by atoms with Crippen LogP contribution in [0.2, 0.25) is 5.02 Å². The van der Waals surface area contributed by atoms with Gasteiger partial charge < -0.3 is 15.0 Å². The zero-order valence-electron chi connectivity index (χ0n) is 20.0. The van der Waals surface area contributed by atoms with E-state index in [1.54, 1.807) is 24.3 Å². The first-order valence-corrected chi connectivity index (χ1v) is 14.2. The van der Waals surface area contributed by atoms with Crippen LogP contribution in [0.25, 0.3) is 10.1 Å². The normalized spacial score (nSPS) is 25.4. The summed E-state index contributed by atoms with van der Waals surface area (Å²) in [4.78, 5) is 29.7. The number of thiophene rings is 1. The number of ether oxygens (including phenoxy) is 1. The van der Waals surface area contributed by atoms with Crippen molar-refractivity contribution < 1.29 is 22.7 Å². The van der Waals surface area contributed by atoms with Gasteiger partial charge in [-0.2, -0.15) is 4.31 Å². The number of amides is 3. The summed E-state index contributed by atoms with van der Waals surface area (Å²) in [6, 6.07) is 5.37. The molecule has 5 rings (SSSR count). The average Bonchev–Trinajstić information content (AvgIpc) is 3.42. The number of sulfonamides is 1. The number of nitrogens with one attached hydrogen (secondary N) is 1. The van der Waals surface area contributed by atoms with Crippen LogP contribution in [0.4, 0.5) is 4.79 Å². The maximum absolute atomic E-state index is 13.5. The molecule has 3 atom stereocenters. The lowest BCUT2D eigenvalue weighted by molar-refractivity contribution is -0.126. The van der Waals surface area contributed by atoms with Crippen LogP contribution in [0, 0.1) is 0 Å². The van der Waals surface area contributed by atoms with Gasteiger partial charge in [-0.05, 0) is 44.0 Å². The number of piperazine rings is 1. The number of hydrazone groups is 1. The van der Waals surface area contributed by atoms with E-state index in [1.807, 2.05) is 14.0 Å². The van der Waals surface area contributed by atoms with E-state index in [0.29, 0.717) is 23.9 Å². The summed E-state index contributed by atoms with van der Waals surface area (Å²) >= 11 is 7.18. The van der Waals surface area contributed by atoms with Crippen LogP contribution in [0.3, 0.4) is 0 Å². The maximum atomic E-state index is 13.5. The summed E-state index contributed by atoms with van der Waals surface area (Å²) in [6.45, 7) is 2.23. The predicted octanol–water partition coefficient (Wildman–Crippen LogP) is 1.79. The van der Waals surface area contributed by atoms with E-state index in [4.69, 9.17) is 16.3 Å². The highest BCUT2D eigenvalue weighted by Crippen LogP contribution is 2.34. The van der Waals surface area contributed by atoms with Gasteiger partial charge in [0.1, 0.15) is 10.3 Å². The summed E-state index contributed by atoms with van der Waals surface area (Å²) in [5.41, 5.74) is 0. The molecule has 194 valence electrons. The first kappa shape index (κ1) is 25.2. The van der Waals surface area contributed by atoms with Gasteiger partial charge in [0.2, 0.25) is 11.8 Å². The highest BCUT2D eigenvalue weighted by atomic mass is 35.5. The predicted molar refractivity (Wildman–Crippen MR) is 136 cm³/mol. The molecule has 1 aromatic heterocycles. The molecular formula is C22H27ClN6O5S2. The largest absolute Gasteiger partial charge is 0.460 e. The molecule has 11 nitrogen and oxygen atoms in total. The molecule has 14 heteroatoms. The SMILES string of the molecule is CNC(=O)C1CN(S(=O)(=O)c2cc3ccc(Cl)cc3s2)CCN1C(=O)N1CCC2C(=N1)OC(C)N2C. The standard InChI is InChI=1S/C22H27ClN6O5S2/c1-13-26(3)16-6-7-29(25-21(16)34-13)22(31)28-9-8-27(12-17(28)20(30)24-2)36(32,33)19-10-14-4-5-15(23)11-18(14)35-19/h4-5,10-11,13,16-17H,6-9,12H2,1-3H3,(H,24,30). The van der Waals surface area contributed by atoms with Crippen molar-refractivity contribution in [3.8, 4) is 0 Å². The van der Waals surface area contributed by atoms with Gasteiger partial charge in [-0.25, -0.2) is 18.2 Å². The minimum atomic E-state index is -3.89.